The number of methoxy groups -OCH3 is 3. The van der Waals surface area contributed by atoms with Crippen LogP contribution in [0.25, 0.3) is 0 Å². The fourth-order valence-electron chi connectivity index (χ4n) is 9.79. The summed E-state index contributed by atoms with van der Waals surface area (Å²) < 4.78 is 29.2. The molecule has 0 aromatic heterocycles. The zero-order chi connectivity index (χ0) is 47.3. The first-order valence-corrected chi connectivity index (χ1v) is 23.5. The summed E-state index contributed by atoms with van der Waals surface area (Å²) in [6.07, 6.45) is 11.6. The Morgan fingerprint density at radius 1 is 0.812 bits per heavy atom. The maximum absolute atomic E-state index is 14.2. The lowest BCUT2D eigenvalue weighted by Crippen LogP contribution is -2.60. The third kappa shape index (κ3) is 14.1. The van der Waals surface area contributed by atoms with E-state index < -0.39 is 83.9 Å². The number of aliphatic hydroxyl groups is 3. The summed E-state index contributed by atoms with van der Waals surface area (Å²) >= 11 is 0. The summed E-state index contributed by atoms with van der Waals surface area (Å²) in [7, 11) is 4.51. The number of ketones is 3. The summed E-state index contributed by atoms with van der Waals surface area (Å²) in [5.41, 5.74) is 1.27. The highest BCUT2D eigenvalue weighted by molar-refractivity contribution is 6.39. The fraction of sp³-hybridized carbons (Fsp3) is 0.740. The summed E-state index contributed by atoms with van der Waals surface area (Å²) in [5, 5.41) is 33.7. The SMILES string of the molecule is CO[C@H]1C[C@@H]2CC[C@@H](C)[C@@](O)(O2)C(=O)C(=O)N2CCCC[C@H]2C(=O)O[C@H](CC[C@@H]2CC[C@@H](O)[C@H](OC)C2)CC(=O)[C@H](C)/C=C(\C)[C@@H](O)[C@@H](OC)C(=O)[C@H](C)C[C@H](C)/C=C/C=C/C=C/1C. The molecule has 1 saturated carbocycles. The van der Waals surface area contributed by atoms with Gasteiger partial charge in [0.2, 0.25) is 5.79 Å². The average Bonchev–Trinajstić information content (AvgIpc) is 3.27. The molecule has 2 bridgehead atoms. The van der Waals surface area contributed by atoms with Gasteiger partial charge in [0.25, 0.3) is 11.7 Å². The summed E-state index contributed by atoms with van der Waals surface area (Å²) in [6.45, 7) is 10.8. The van der Waals surface area contributed by atoms with Crippen LogP contribution in [0.2, 0.25) is 0 Å². The largest absolute Gasteiger partial charge is 0.460 e. The highest BCUT2D eigenvalue weighted by atomic mass is 16.6. The molecule has 0 radical (unpaired) electrons. The predicted molar refractivity (Wildman–Crippen MR) is 241 cm³/mol. The number of hydrogen-bond acceptors (Lipinski definition) is 13. The van der Waals surface area contributed by atoms with Crippen molar-refractivity contribution in [2.24, 2.45) is 29.6 Å². The van der Waals surface area contributed by atoms with E-state index in [2.05, 4.69) is 0 Å². The van der Waals surface area contributed by atoms with Crippen LogP contribution in [0.4, 0.5) is 0 Å². The second-order valence-electron chi connectivity index (χ2n) is 19.0. The Morgan fingerprint density at radius 3 is 2.23 bits per heavy atom. The molecule has 360 valence electrons. The van der Waals surface area contributed by atoms with Crippen molar-refractivity contribution in [1.82, 2.24) is 4.90 Å². The van der Waals surface area contributed by atoms with E-state index in [1.165, 1.54) is 12.0 Å². The highest BCUT2D eigenvalue weighted by Gasteiger charge is 2.53. The molecule has 64 heavy (non-hydrogen) atoms. The van der Waals surface area contributed by atoms with E-state index in [0.29, 0.717) is 69.8 Å². The highest BCUT2D eigenvalue weighted by Crippen LogP contribution is 2.37. The molecule has 3 N–H and O–H groups in total. The zero-order valence-corrected chi connectivity index (χ0v) is 39.7. The van der Waals surface area contributed by atoms with Gasteiger partial charge >= 0.3 is 5.97 Å². The molecule has 3 aliphatic heterocycles. The summed E-state index contributed by atoms with van der Waals surface area (Å²) in [5.74, 6) is -7.56. The van der Waals surface area contributed by atoms with E-state index in [-0.39, 0.29) is 48.9 Å². The van der Waals surface area contributed by atoms with Crippen molar-refractivity contribution in [3.63, 3.8) is 0 Å². The normalized spacial score (nSPS) is 40.3. The van der Waals surface area contributed by atoms with Gasteiger partial charge in [-0.25, -0.2) is 4.79 Å². The van der Waals surface area contributed by atoms with Gasteiger partial charge in [-0.3, -0.25) is 19.2 Å². The lowest BCUT2D eigenvalue weighted by Gasteiger charge is -2.42. The quantitative estimate of drug-likeness (QED) is 0.161. The minimum atomic E-state index is -2.42. The number of aliphatic hydroxyl groups excluding tert-OH is 2. The van der Waals surface area contributed by atoms with Gasteiger partial charge in [0, 0.05) is 58.5 Å². The summed E-state index contributed by atoms with van der Waals surface area (Å²) in [6, 6.07) is -1.13. The number of piperidine rings is 1. The van der Waals surface area contributed by atoms with Crippen LogP contribution < -0.4 is 0 Å². The number of carbonyl (C=O) groups is 5. The number of allylic oxidation sites excluding steroid dienone is 6. The number of rotatable bonds is 6. The Hall–Kier alpha value is -3.37. The van der Waals surface area contributed by atoms with Crippen LogP contribution >= 0.6 is 0 Å². The maximum Gasteiger partial charge on any atom is 0.329 e. The molecule has 1 amide bonds. The van der Waals surface area contributed by atoms with Gasteiger partial charge in [-0.05, 0) is 107 Å². The second-order valence-corrected chi connectivity index (χ2v) is 19.0. The van der Waals surface area contributed by atoms with Gasteiger partial charge in [0.05, 0.1) is 24.4 Å². The molecular formula is C50H77NO13. The lowest BCUT2D eigenvalue weighted by atomic mass is 9.81. The molecule has 1 aliphatic carbocycles. The maximum atomic E-state index is 14.2. The van der Waals surface area contributed by atoms with E-state index in [1.807, 2.05) is 51.2 Å². The fourth-order valence-corrected chi connectivity index (χ4v) is 9.79. The lowest BCUT2D eigenvalue weighted by molar-refractivity contribution is -0.265. The van der Waals surface area contributed by atoms with Gasteiger partial charge < -0.3 is 43.9 Å². The van der Waals surface area contributed by atoms with Crippen LogP contribution in [0.5, 0.6) is 0 Å². The minimum Gasteiger partial charge on any atom is -0.460 e. The molecule has 14 heteroatoms. The third-order valence-electron chi connectivity index (χ3n) is 14.1. The Morgan fingerprint density at radius 2 is 1.55 bits per heavy atom. The molecule has 4 aliphatic rings. The number of nitrogens with zero attached hydrogens (tertiary/aromatic N) is 1. The molecule has 4 rings (SSSR count). The Kier molecular flexibility index (Phi) is 20.8. The topological polar surface area (TPSA) is 195 Å². The molecule has 14 atom stereocenters. The number of esters is 1. The van der Waals surface area contributed by atoms with Crippen molar-refractivity contribution < 1.29 is 63.0 Å². The zero-order valence-electron chi connectivity index (χ0n) is 39.7. The molecule has 2 saturated heterocycles. The number of carbonyl (C=O) groups excluding carboxylic acids is 5. The van der Waals surface area contributed by atoms with Crippen molar-refractivity contribution in [3.05, 3.63) is 47.6 Å². The van der Waals surface area contributed by atoms with Gasteiger partial charge in [-0.15, -0.1) is 0 Å². The third-order valence-corrected chi connectivity index (χ3v) is 14.1. The van der Waals surface area contributed by atoms with Gasteiger partial charge in [-0.1, -0.05) is 64.2 Å². The predicted octanol–water partition coefficient (Wildman–Crippen LogP) is 5.93. The van der Waals surface area contributed by atoms with Crippen LogP contribution in [0.3, 0.4) is 0 Å². The van der Waals surface area contributed by atoms with E-state index in [4.69, 9.17) is 23.7 Å². The number of ether oxygens (including phenoxy) is 5. The second kappa shape index (κ2) is 25.0. The van der Waals surface area contributed by atoms with Gasteiger partial charge in [-0.2, -0.15) is 0 Å². The first kappa shape index (κ1) is 53.2. The molecule has 0 unspecified atom stereocenters. The smallest absolute Gasteiger partial charge is 0.329 e. The molecule has 3 fully saturated rings. The Balaban J connectivity index is 1.67. The number of fused-ring (bicyclic) bond motifs is 3. The first-order valence-electron chi connectivity index (χ1n) is 23.5. The van der Waals surface area contributed by atoms with Crippen molar-refractivity contribution in [3.8, 4) is 0 Å². The van der Waals surface area contributed by atoms with Gasteiger partial charge in [0.1, 0.15) is 30.1 Å². The van der Waals surface area contributed by atoms with Crippen molar-refractivity contribution >= 4 is 29.2 Å². The number of amides is 1. The number of cyclic esters (lactones) is 1. The van der Waals surface area contributed by atoms with Gasteiger partial charge in [0.15, 0.2) is 5.78 Å². The monoisotopic (exact) mass is 900 g/mol. The van der Waals surface area contributed by atoms with Crippen LogP contribution in [0, 0.1) is 29.6 Å². The minimum absolute atomic E-state index is 0.0217. The van der Waals surface area contributed by atoms with Crippen molar-refractivity contribution in [2.45, 2.75) is 180 Å². The molecule has 0 spiro atoms. The Bertz CT molecular complexity index is 1720. The Labute approximate surface area is 380 Å². The van der Waals surface area contributed by atoms with E-state index >= 15 is 0 Å². The first-order chi connectivity index (χ1) is 30.3. The number of hydrogen-bond donors (Lipinski definition) is 3. The van der Waals surface area contributed by atoms with E-state index in [0.717, 1.165) is 12.0 Å². The van der Waals surface area contributed by atoms with Crippen molar-refractivity contribution in [1.29, 1.82) is 0 Å². The average molecular weight is 900 g/mol. The van der Waals surface area contributed by atoms with Crippen LogP contribution in [-0.4, -0.2) is 132 Å². The molecule has 3 heterocycles. The molecule has 0 aromatic carbocycles. The van der Waals surface area contributed by atoms with Crippen molar-refractivity contribution in [2.75, 3.05) is 27.9 Å². The molecule has 0 aromatic rings. The molecular weight excluding hydrogens is 823 g/mol. The van der Waals surface area contributed by atoms with Crippen LogP contribution in [0.1, 0.15) is 125 Å². The standard InChI is InChI=1S/C50H77NO13/c1-30-15-11-10-12-16-31(2)42(60-7)29-38-21-18-35(6)50(59,64-38)47(56)48(57)51-24-14-13-17-39(51)49(58)63-37(22-19-36-20-23-40(52)43(27-36)61-8)28-41(53)32(3)26-34(5)45(55)46(62-9)44(54)33(4)25-30/h10-12,15-16,26,30,32-33,35-40,42-43,45-46,52,55,59H,13-14,17-25,27-29H2,1-9H3/b12-10+,15-11+,31-16+,34-26+/t30-,32-,33-,35-,36-,37-,38+,39+,40-,42+,43-,45-,46+,50-/m1/s1. The van der Waals surface area contributed by atoms with E-state index in [1.54, 1.807) is 41.1 Å². The van der Waals surface area contributed by atoms with E-state index in [9.17, 15) is 39.3 Å². The van der Waals surface area contributed by atoms with Crippen LogP contribution in [0.15, 0.2) is 47.6 Å². The number of Topliss-reactive ketones (excluding diaryl/α,β-unsaturated/α-hetero) is 3. The summed E-state index contributed by atoms with van der Waals surface area (Å²) in [4.78, 5) is 71.3. The van der Waals surface area contributed by atoms with Crippen LogP contribution in [-0.2, 0) is 47.7 Å². The molecule has 14 nitrogen and oxygen atoms in total.